The van der Waals surface area contributed by atoms with Crippen LogP contribution in [0.5, 0.6) is 0 Å². The molecule has 2 N–H and O–H groups in total. The highest BCUT2D eigenvalue weighted by molar-refractivity contribution is 7.18. The van der Waals surface area contributed by atoms with E-state index in [1.165, 1.54) is 7.05 Å². The Morgan fingerprint density at radius 3 is 2.65 bits per heavy atom. The number of benzene rings is 2. The third-order valence-electron chi connectivity index (χ3n) is 4.87. The number of likely N-dealkylation sites (N-methyl/N-ethyl adjacent to an activating group) is 1. The third kappa shape index (κ3) is 6.61. The van der Waals surface area contributed by atoms with E-state index in [0.29, 0.717) is 15.3 Å². The molecule has 2 amide bonds. The van der Waals surface area contributed by atoms with Gasteiger partial charge in [-0.3, -0.25) is 9.59 Å². The Kier molecular flexibility index (Phi) is 8.35. The molecule has 2 aromatic carbocycles. The van der Waals surface area contributed by atoms with Gasteiger partial charge in [0, 0.05) is 24.7 Å². The van der Waals surface area contributed by atoms with Crippen molar-refractivity contribution in [3.05, 3.63) is 63.6 Å². The number of nitrogens with zero attached hydrogens (tertiary/aromatic N) is 2. The lowest BCUT2D eigenvalue weighted by atomic mass is 10.2. The number of esters is 1. The number of hydrogen-bond acceptors (Lipinski definition) is 6. The number of thiazole rings is 1. The molecule has 0 fully saturated rings. The third-order valence-corrected chi connectivity index (χ3v) is 6.26. The van der Waals surface area contributed by atoms with E-state index in [4.69, 9.17) is 16.3 Å². The number of carbonyl (C=O) groups is 3. The van der Waals surface area contributed by atoms with Crippen LogP contribution in [-0.2, 0) is 27.3 Å². The van der Waals surface area contributed by atoms with Crippen LogP contribution in [0.15, 0.2) is 36.4 Å². The molecule has 1 aromatic heterocycles. The summed E-state index contributed by atoms with van der Waals surface area (Å²) in [4.78, 5) is 41.3. The van der Waals surface area contributed by atoms with Crippen LogP contribution in [0.3, 0.4) is 0 Å². The van der Waals surface area contributed by atoms with E-state index in [-0.39, 0.29) is 30.1 Å². The van der Waals surface area contributed by atoms with Crippen molar-refractivity contribution in [1.29, 1.82) is 0 Å². The number of aromatic nitrogens is 1. The molecule has 34 heavy (non-hydrogen) atoms. The van der Waals surface area contributed by atoms with Gasteiger partial charge in [-0.15, -0.1) is 11.3 Å². The lowest BCUT2D eigenvalue weighted by Crippen LogP contribution is -2.46. The second-order valence-electron chi connectivity index (χ2n) is 7.31. The second kappa shape index (κ2) is 11.2. The zero-order valence-corrected chi connectivity index (χ0v) is 19.5. The van der Waals surface area contributed by atoms with Crippen LogP contribution in [0.4, 0.5) is 13.6 Å². The molecule has 0 unspecified atom stereocenters. The van der Waals surface area contributed by atoms with Gasteiger partial charge in [0.15, 0.2) is 11.6 Å². The number of rotatable bonds is 9. The predicted octanol–water partition coefficient (Wildman–Crippen LogP) is 4.00. The Bertz CT molecular complexity index is 1180. The van der Waals surface area contributed by atoms with Crippen molar-refractivity contribution in [2.24, 2.45) is 0 Å². The molecule has 0 aliphatic rings. The number of carboxylic acids is 1. The number of amides is 2. The lowest BCUT2D eigenvalue weighted by molar-refractivity contribution is -0.147. The molecular weight excluding hydrogens is 492 g/mol. The second-order valence-corrected chi connectivity index (χ2v) is 8.84. The zero-order valence-electron chi connectivity index (χ0n) is 17.9. The highest BCUT2D eigenvalue weighted by Crippen LogP contribution is 2.25. The van der Waals surface area contributed by atoms with Crippen molar-refractivity contribution in [3.63, 3.8) is 0 Å². The summed E-state index contributed by atoms with van der Waals surface area (Å²) in [5.74, 6) is -3.96. The maximum absolute atomic E-state index is 13.4. The summed E-state index contributed by atoms with van der Waals surface area (Å²) in [5.41, 5.74) is 0.896. The van der Waals surface area contributed by atoms with Gasteiger partial charge in [-0.05, 0) is 17.7 Å². The van der Waals surface area contributed by atoms with Crippen molar-refractivity contribution in [3.8, 4) is 0 Å². The lowest BCUT2D eigenvalue weighted by Gasteiger charge is -2.27. The summed E-state index contributed by atoms with van der Waals surface area (Å²) >= 11 is 7.08. The molecule has 180 valence electrons. The number of carboxylic acid groups (broad SMARTS) is 1. The summed E-state index contributed by atoms with van der Waals surface area (Å²) in [7, 11) is 1.39. The summed E-state index contributed by atoms with van der Waals surface area (Å²) in [5, 5.41) is 12.6. The Labute approximate surface area is 202 Å². The number of aliphatic carboxylic acids is 1. The number of urea groups is 1. The van der Waals surface area contributed by atoms with Crippen LogP contribution in [0.1, 0.15) is 17.0 Å². The molecule has 8 nitrogen and oxygen atoms in total. The van der Waals surface area contributed by atoms with Gasteiger partial charge >= 0.3 is 18.0 Å². The normalized spacial score (nSPS) is 11.8. The highest BCUT2D eigenvalue weighted by atomic mass is 35.5. The van der Waals surface area contributed by atoms with Gasteiger partial charge in [0.2, 0.25) is 0 Å². The molecule has 0 aliphatic heterocycles. The van der Waals surface area contributed by atoms with Crippen LogP contribution in [0.25, 0.3) is 10.2 Å². The molecule has 1 atom stereocenters. The molecule has 0 bridgehead atoms. The molecule has 0 radical (unpaired) electrons. The van der Waals surface area contributed by atoms with Gasteiger partial charge in [0.1, 0.15) is 11.6 Å². The van der Waals surface area contributed by atoms with E-state index >= 15 is 0 Å². The molecule has 1 heterocycles. The Hall–Kier alpha value is -3.31. The molecule has 3 rings (SSSR count). The standard InChI is InChI=1S/C22H20ClF2N3O5S/c1-28(22(32)26-10-12-4-2-3-5-14(12)23)13(6-20(29)30)11-33-21(31)9-19-27-17-7-15(24)16(25)8-18(17)34-19/h2-5,7-8,13H,6,9-11H2,1H3,(H,26,32)(H,29,30)/t13-/m0/s1. The van der Waals surface area contributed by atoms with Gasteiger partial charge in [0.05, 0.1) is 29.1 Å². The molecule has 0 saturated heterocycles. The van der Waals surface area contributed by atoms with Crippen LogP contribution in [0.2, 0.25) is 5.02 Å². The number of ether oxygens (including phenoxy) is 1. The minimum absolute atomic E-state index is 0.126. The SMILES string of the molecule is CN(C(=O)NCc1ccccc1Cl)[C@H](COC(=O)Cc1nc2cc(F)c(F)cc2s1)CC(=O)O. The maximum atomic E-state index is 13.4. The number of carbonyl (C=O) groups excluding carboxylic acids is 2. The zero-order chi connectivity index (χ0) is 24.8. The molecule has 0 saturated carbocycles. The first-order chi connectivity index (χ1) is 16.1. The number of hydrogen-bond donors (Lipinski definition) is 2. The average Bonchev–Trinajstić information content (AvgIpc) is 3.16. The first-order valence-corrected chi connectivity index (χ1v) is 11.2. The fourth-order valence-corrected chi connectivity index (χ4v) is 4.18. The van der Waals surface area contributed by atoms with Crippen molar-refractivity contribution >= 4 is 51.1 Å². The quantitative estimate of drug-likeness (QED) is 0.420. The van der Waals surface area contributed by atoms with Crippen LogP contribution in [-0.4, -0.2) is 52.7 Å². The van der Waals surface area contributed by atoms with E-state index in [1.54, 1.807) is 24.3 Å². The van der Waals surface area contributed by atoms with Gasteiger partial charge < -0.3 is 20.1 Å². The molecule has 0 aliphatic carbocycles. The number of nitrogens with one attached hydrogen (secondary N) is 1. The van der Waals surface area contributed by atoms with E-state index in [2.05, 4.69) is 10.3 Å². The molecule has 0 spiro atoms. The van der Waals surface area contributed by atoms with Crippen molar-refractivity contribution in [1.82, 2.24) is 15.2 Å². The Morgan fingerprint density at radius 1 is 1.24 bits per heavy atom. The molecule has 12 heteroatoms. The van der Waals surface area contributed by atoms with Gasteiger partial charge in [-0.1, -0.05) is 29.8 Å². The van der Waals surface area contributed by atoms with Crippen LogP contribution in [0, 0.1) is 11.6 Å². The van der Waals surface area contributed by atoms with Gasteiger partial charge in [-0.25, -0.2) is 18.6 Å². The van der Waals surface area contributed by atoms with Gasteiger partial charge in [-0.2, -0.15) is 0 Å². The van der Waals surface area contributed by atoms with Crippen LogP contribution < -0.4 is 5.32 Å². The fourth-order valence-electron chi connectivity index (χ4n) is 3.02. The Balaban J connectivity index is 1.58. The van der Waals surface area contributed by atoms with E-state index < -0.39 is 42.1 Å². The minimum atomic E-state index is -1.18. The monoisotopic (exact) mass is 511 g/mol. The highest BCUT2D eigenvalue weighted by Gasteiger charge is 2.25. The van der Waals surface area contributed by atoms with E-state index in [1.807, 2.05) is 0 Å². The predicted molar refractivity (Wildman–Crippen MR) is 122 cm³/mol. The largest absolute Gasteiger partial charge is 0.481 e. The van der Waals surface area contributed by atoms with Crippen molar-refractivity contribution < 1.29 is 33.0 Å². The van der Waals surface area contributed by atoms with E-state index in [0.717, 1.165) is 28.4 Å². The Morgan fingerprint density at radius 2 is 1.94 bits per heavy atom. The molecular formula is C22H20ClF2N3O5S. The average molecular weight is 512 g/mol. The smallest absolute Gasteiger partial charge is 0.317 e. The number of fused-ring (bicyclic) bond motifs is 1. The van der Waals surface area contributed by atoms with Gasteiger partial charge in [0.25, 0.3) is 0 Å². The molecule has 3 aromatic rings. The summed E-state index contributed by atoms with van der Waals surface area (Å²) in [6, 6.07) is 7.36. The van der Waals surface area contributed by atoms with Crippen LogP contribution >= 0.6 is 22.9 Å². The topological polar surface area (TPSA) is 109 Å². The van der Waals surface area contributed by atoms with Crippen molar-refractivity contribution in [2.45, 2.75) is 25.4 Å². The van der Waals surface area contributed by atoms with Crippen molar-refractivity contribution in [2.75, 3.05) is 13.7 Å². The summed E-state index contributed by atoms with van der Waals surface area (Å²) < 4.78 is 32.3. The number of halogens is 3. The summed E-state index contributed by atoms with van der Waals surface area (Å²) in [6.07, 6.45) is -0.728. The van der Waals surface area contributed by atoms with E-state index in [9.17, 15) is 28.3 Å². The summed E-state index contributed by atoms with van der Waals surface area (Å²) in [6.45, 7) is -0.240. The maximum Gasteiger partial charge on any atom is 0.317 e. The minimum Gasteiger partial charge on any atom is -0.481 e. The fraction of sp³-hybridized carbons (Fsp3) is 0.273. The first-order valence-electron chi connectivity index (χ1n) is 10.00. The first kappa shape index (κ1) is 25.3.